The van der Waals surface area contributed by atoms with Crippen LogP contribution in [-0.4, -0.2) is 22.0 Å². The zero-order valence-corrected chi connectivity index (χ0v) is 5.83. The molecule has 0 saturated heterocycles. The van der Waals surface area contributed by atoms with E-state index in [-0.39, 0.29) is 18.6 Å². The number of hydrogen-bond acceptors (Lipinski definition) is 3. The van der Waals surface area contributed by atoms with Gasteiger partial charge >= 0.3 is 0 Å². The van der Waals surface area contributed by atoms with Crippen molar-refractivity contribution >= 4 is 12.1 Å². The molecule has 1 aromatic rings. The highest BCUT2D eigenvalue weighted by atomic mass is 16.1. The maximum absolute atomic E-state index is 11.0. The van der Waals surface area contributed by atoms with Crippen LogP contribution in [0.3, 0.4) is 0 Å². The van der Waals surface area contributed by atoms with Gasteiger partial charge in [0.15, 0.2) is 17.9 Å². The minimum atomic E-state index is -0.154. The normalized spacial score (nSPS) is 9.45. The van der Waals surface area contributed by atoms with Crippen LogP contribution in [0.15, 0.2) is 12.4 Å². The first kappa shape index (κ1) is 7.65. The molecule has 0 atom stereocenters. The van der Waals surface area contributed by atoms with Crippen molar-refractivity contribution in [3.8, 4) is 0 Å². The zero-order valence-electron chi connectivity index (χ0n) is 5.83. The van der Waals surface area contributed by atoms with E-state index in [2.05, 4.69) is 9.97 Å². The highest BCUT2D eigenvalue weighted by Crippen LogP contribution is 1.96. The number of carbonyl (C=O) groups excluding carboxylic acids is 2. The molecule has 1 N–H and O–H groups in total. The molecule has 0 aromatic carbocycles. The van der Waals surface area contributed by atoms with Gasteiger partial charge in [0.1, 0.15) is 0 Å². The minimum absolute atomic E-state index is 0.138. The Morgan fingerprint density at radius 1 is 1.73 bits per heavy atom. The number of nitrogens with zero attached hydrogens (tertiary/aromatic N) is 1. The van der Waals surface area contributed by atoms with E-state index in [1.54, 1.807) is 12.5 Å². The van der Waals surface area contributed by atoms with Crippen LogP contribution in [0.2, 0.25) is 0 Å². The average Bonchev–Trinajstić information content (AvgIpc) is 2.52. The zero-order chi connectivity index (χ0) is 8.10. The molecule has 0 aliphatic rings. The third-order valence-corrected chi connectivity index (χ3v) is 1.22. The standard InChI is InChI=1S/C7H7N2O2/c10-5-1-2-6(11)7-8-3-4-9-7/h3-4H,1-2H2,(H,8,9). The van der Waals surface area contributed by atoms with Crippen molar-refractivity contribution in [1.82, 2.24) is 9.97 Å². The second-order valence-electron chi connectivity index (χ2n) is 2.01. The topological polar surface area (TPSA) is 62.8 Å². The molecule has 0 aliphatic heterocycles. The summed E-state index contributed by atoms with van der Waals surface area (Å²) in [5.74, 6) is 0.151. The highest BCUT2D eigenvalue weighted by Gasteiger charge is 2.06. The number of aromatic amines is 1. The highest BCUT2D eigenvalue weighted by molar-refractivity contribution is 5.93. The van der Waals surface area contributed by atoms with E-state index in [1.807, 2.05) is 0 Å². The summed E-state index contributed by atoms with van der Waals surface area (Å²) < 4.78 is 0. The molecule has 1 rings (SSSR count). The molecule has 0 fully saturated rings. The van der Waals surface area contributed by atoms with E-state index in [0.29, 0.717) is 5.82 Å². The number of ketones is 1. The second-order valence-corrected chi connectivity index (χ2v) is 2.01. The van der Waals surface area contributed by atoms with Crippen LogP contribution in [0, 0.1) is 0 Å². The van der Waals surface area contributed by atoms with Crippen LogP contribution >= 0.6 is 0 Å². The Balaban J connectivity index is 2.49. The Kier molecular flexibility index (Phi) is 2.54. The van der Waals surface area contributed by atoms with Gasteiger partial charge in [-0.1, -0.05) is 0 Å². The van der Waals surface area contributed by atoms with E-state index in [0.717, 1.165) is 0 Å². The number of imidazole rings is 1. The van der Waals surface area contributed by atoms with Crippen molar-refractivity contribution in [2.75, 3.05) is 0 Å². The van der Waals surface area contributed by atoms with Crippen LogP contribution in [-0.2, 0) is 4.79 Å². The van der Waals surface area contributed by atoms with Crippen molar-refractivity contribution < 1.29 is 9.59 Å². The molecule has 0 aliphatic carbocycles. The summed E-state index contributed by atoms with van der Waals surface area (Å²) in [7, 11) is 0. The molecule has 0 unspecified atom stereocenters. The van der Waals surface area contributed by atoms with Gasteiger partial charge in [-0.2, -0.15) is 0 Å². The molecule has 1 aromatic heterocycles. The largest absolute Gasteiger partial charge is 0.342 e. The first-order chi connectivity index (χ1) is 5.34. The van der Waals surface area contributed by atoms with Crippen LogP contribution in [0.1, 0.15) is 23.5 Å². The molecule has 0 saturated carbocycles. The summed E-state index contributed by atoms with van der Waals surface area (Å²) in [6, 6.07) is 0. The number of aromatic nitrogens is 2. The quantitative estimate of drug-likeness (QED) is 0.636. The molecule has 0 spiro atoms. The van der Waals surface area contributed by atoms with E-state index >= 15 is 0 Å². The van der Waals surface area contributed by atoms with Crippen LogP contribution < -0.4 is 0 Å². The summed E-state index contributed by atoms with van der Waals surface area (Å²) in [5.41, 5.74) is 0. The fourth-order valence-corrected chi connectivity index (χ4v) is 0.701. The molecule has 1 heterocycles. The van der Waals surface area contributed by atoms with E-state index in [4.69, 9.17) is 0 Å². The summed E-state index contributed by atoms with van der Waals surface area (Å²) >= 11 is 0. The van der Waals surface area contributed by atoms with Gasteiger partial charge in [0.25, 0.3) is 0 Å². The summed E-state index contributed by atoms with van der Waals surface area (Å²) in [6.07, 6.45) is 5.03. The number of carbonyl (C=O) groups is 1. The fraction of sp³-hybridized carbons (Fsp3) is 0.286. The monoisotopic (exact) mass is 151 g/mol. The lowest BCUT2D eigenvalue weighted by Crippen LogP contribution is -2.01. The van der Waals surface area contributed by atoms with Crippen molar-refractivity contribution in [1.29, 1.82) is 0 Å². The third kappa shape index (κ3) is 2.00. The number of hydrogen-bond donors (Lipinski definition) is 1. The van der Waals surface area contributed by atoms with Crippen molar-refractivity contribution in [3.05, 3.63) is 18.2 Å². The third-order valence-electron chi connectivity index (χ3n) is 1.22. The Morgan fingerprint density at radius 3 is 3.09 bits per heavy atom. The number of nitrogens with one attached hydrogen (secondary N) is 1. The number of rotatable bonds is 4. The van der Waals surface area contributed by atoms with Crippen LogP contribution in [0.4, 0.5) is 0 Å². The Hall–Kier alpha value is -1.45. The SMILES string of the molecule is O=[C]CCC(=O)c1ncc[nH]1. The van der Waals surface area contributed by atoms with E-state index in [9.17, 15) is 9.59 Å². The van der Waals surface area contributed by atoms with Gasteiger partial charge in [-0.15, -0.1) is 0 Å². The maximum atomic E-state index is 11.0. The Morgan fingerprint density at radius 2 is 2.55 bits per heavy atom. The van der Waals surface area contributed by atoms with Gasteiger partial charge in [-0.05, 0) is 0 Å². The smallest absolute Gasteiger partial charge is 0.198 e. The molecule has 11 heavy (non-hydrogen) atoms. The summed E-state index contributed by atoms with van der Waals surface area (Å²) in [6.45, 7) is 0. The minimum Gasteiger partial charge on any atom is -0.342 e. The van der Waals surface area contributed by atoms with E-state index < -0.39 is 0 Å². The first-order valence-corrected chi connectivity index (χ1v) is 3.22. The summed E-state index contributed by atoms with van der Waals surface area (Å²) in [4.78, 5) is 27.2. The van der Waals surface area contributed by atoms with E-state index in [1.165, 1.54) is 6.20 Å². The number of Topliss-reactive ketones (excluding diaryl/α,β-unsaturated/α-hetero) is 1. The van der Waals surface area contributed by atoms with Gasteiger partial charge in [0.05, 0.1) is 0 Å². The Bertz CT molecular complexity index is 241. The average molecular weight is 151 g/mol. The molecular weight excluding hydrogens is 144 g/mol. The molecular formula is C7H7N2O2. The van der Waals surface area contributed by atoms with Crippen LogP contribution in [0.5, 0.6) is 0 Å². The number of H-pyrrole nitrogens is 1. The van der Waals surface area contributed by atoms with Crippen molar-refractivity contribution in [2.24, 2.45) is 0 Å². The molecule has 0 amide bonds. The van der Waals surface area contributed by atoms with Crippen molar-refractivity contribution in [2.45, 2.75) is 12.8 Å². The molecule has 0 bridgehead atoms. The Labute approximate surface area is 63.6 Å². The fourth-order valence-electron chi connectivity index (χ4n) is 0.701. The molecule has 57 valence electrons. The van der Waals surface area contributed by atoms with Crippen LogP contribution in [0.25, 0.3) is 0 Å². The lowest BCUT2D eigenvalue weighted by atomic mass is 10.2. The lowest BCUT2D eigenvalue weighted by Gasteiger charge is -1.89. The maximum Gasteiger partial charge on any atom is 0.198 e. The lowest BCUT2D eigenvalue weighted by molar-refractivity contribution is 0.0975. The van der Waals surface area contributed by atoms with Gasteiger partial charge in [0, 0.05) is 25.2 Å². The predicted molar refractivity (Wildman–Crippen MR) is 37.8 cm³/mol. The molecule has 4 nitrogen and oxygen atoms in total. The first-order valence-electron chi connectivity index (χ1n) is 3.22. The second kappa shape index (κ2) is 3.65. The van der Waals surface area contributed by atoms with Crippen molar-refractivity contribution in [3.63, 3.8) is 0 Å². The molecule has 4 heteroatoms. The summed E-state index contributed by atoms with van der Waals surface area (Å²) in [5, 5.41) is 0. The predicted octanol–water partition coefficient (Wildman–Crippen LogP) is 0.482. The van der Waals surface area contributed by atoms with Gasteiger partial charge in [0.2, 0.25) is 0 Å². The molecule has 1 radical (unpaired) electrons. The van der Waals surface area contributed by atoms with Gasteiger partial charge < -0.3 is 4.98 Å². The van der Waals surface area contributed by atoms with Gasteiger partial charge in [-0.3, -0.25) is 9.59 Å². The van der Waals surface area contributed by atoms with Gasteiger partial charge in [-0.25, -0.2) is 4.98 Å².